The number of aromatic nitrogens is 2. The molecule has 0 amide bonds. The van der Waals surface area contributed by atoms with E-state index in [2.05, 4.69) is 16.0 Å². The zero-order valence-electron chi connectivity index (χ0n) is 8.31. The van der Waals surface area contributed by atoms with E-state index in [0.29, 0.717) is 5.56 Å². The number of hydrogen-bond donors (Lipinski definition) is 0. The van der Waals surface area contributed by atoms with Gasteiger partial charge in [0.15, 0.2) is 0 Å². The topological polar surface area (TPSA) is 49.6 Å². The molecule has 0 aromatic carbocycles. The maximum atomic E-state index is 8.97. The predicted octanol–water partition coefficient (Wildman–Crippen LogP) is 2.32. The van der Waals surface area contributed by atoms with Crippen LogP contribution in [0.2, 0.25) is 0 Å². The second kappa shape index (κ2) is 3.89. The summed E-state index contributed by atoms with van der Waals surface area (Å²) in [4.78, 5) is 8.25. The Morgan fingerprint density at radius 3 is 2.87 bits per heavy atom. The highest BCUT2D eigenvalue weighted by Crippen LogP contribution is 2.22. The lowest BCUT2D eigenvalue weighted by Gasteiger charge is -2.05. The largest absolute Gasteiger partial charge is 0.264 e. The summed E-state index contributed by atoms with van der Waals surface area (Å²) in [5.41, 5.74) is 3.29. The van der Waals surface area contributed by atoms with Gasteiger partial charge >= 0.3 is 0 Å². The van der Waals surface area contributed by atoms with E-state index in [1.165, 1.54) is 0 Å². The molecule has 2 aromatic rings. The van der Waals surface area contributed by atoms with Gasteiger partial charge in [-0.3, -0.25) is 9.97 Å². The van der Waals surface area contributed by atoms with Gasteiger partial charge in [-0.05, 0) is 30.7 Å². The van der Waals surface area contributed by atoms with Crippen molar-refractivity contribution < 1.29 is 0 Å². The number of rotatable bonds is 1. The van der Waals surface area contributed by atoms with Crippen molar-refractivity contribution in [1.29, 1.82) is 5.26 Å². The molecule has 0 aliphatic heterocycles. The SMILES string of the molecule is Cc1cnccc1-c1ncccc1C#N. The molecule has 0 spiro atoms. The Hall–Kier alpha value is -2.21. The van der Waals surface area contributed by atoms with Crippen molar-refractivity contribution >= 4 is 0 Å². The third-order valence-corrected chi connectivity index (χ3v) is 2.20. The molecule has 0 fully saturated rings. The van der Waals surface area contributed by atoms with E-state index in [-0.39, 0.29) is 0 Å². The average Bonchev–Trinajstić information content (AvgIpc) is 2.30. The molecule has 0 bridgehead atoms. The van der Waals surface area contributed by atoms with Crippen LogP contribution in [0.1, 0.15) is 11.1 Å². The molecule has 0 saturated carbocycles. The average molecular weight is 195 g/mol. The van der Waals surface area contributed by atoms with Gasteiger partial charge in [0.1, 0.15) is 6.07 Å². The van der Waals surface area contributed by atoms with Crippen LogP contribution in [0.5, 0.6) is 0 Å². The molecule has 0 aliphatic rings. The number of pyridine rings is 2. The van der Waals surface area contributed by atoms with Crippen molar-refractivity contribution in [2.45, 2.75) is 6.92 Å². The minimum absolute atomic E-state index is 0.590. The first kappa shape index (κ1) is 9.35. The summed E-state index contributed by atoms with van der Waals surface area (Å²) in [5, 5.41) is 8.97. The van der Waals surface area contributed by atoms with Crippen LogP contribution >= 0.6 is 0 Å². The first-order valence-corrected chi connectivity index (χ1v) is 4.59. The molecule has 15 heavy (non-hydrogen) atoms. The highest BCUT2D eigenvalue weighted by Gasteiger charge is 2.07. The van der Waals surface area contributed by atoms with Crippen LogP contribution < -0.4 is 0 Å². The molecule has 0 unspecified atom stereocenters. The molecule has 2 aromatic heterocycles. The lowest BCUT2D eigenvalue weighted by atomic mass is 10.0. The molecule has 0 atom stereocenters. The second-order valence-corrected chi connectivity index (χ2v) is 3.20. The molecule has 72 valence electrons. The van der Waals surface area contributed by atoms with Gasteiger partial charge in [-0.1, -0.05) is 0 Å². The maximum Gasteiger partial charge on any atom is 0.101 e. The Balaban J connectivity index is 2.65. The molecule has 0 saturated heterocycles. The van der Waals surface area contributed by atoms with E-state index in [0.717, 1.165) is 16.8 Å². The fourth-order valence-electron chi connectivity index (χ4n) is 1.45. The summed E-state index contributed by atoms with van der Waals surface area (Å²) in [6.07, 6.45) is 5.17. The first-order valence-electron chi connectivity index (χ1n) is 4.59. The summed E-state index contributed by atoms with van der Waals surface area (Å²) in [5.74, 6) is 0. The van der Waals surface area contributed by atoms with Gasteiger partial charge in [0.05, 0.1) is 11.3 Å². The Morgan fingerprint density at radius 1 is 1.27 bits per heavy atom. The van der Waals surface area contributed by atoms with Crippen molar-refractivity contribution in [2.75, 3.05) is 0 Å². The Kier molecular flexibility index (Phi) is 2.42. The van der Waals surface area contributed by atoms with Gasteiger partial charge in [-0.25, -0.2) is 0 Å². The fraction of sp³-hybridized carbons (Fsp3) is 0.0833. The van der Waals surface area contributed by atoms with E-state index in [1.54, 1.807) is 30.7 Å². The molecule has 0 N–H and O–H groups in total. The van der Waals surface area contributed by atoms with Gasteiger partial charge in [0, 0.05) is 24.2 Å². The van der Waals surface area contributed by atoms with E-state index in [1.807, 2.05) is 13.0 Å². The van der Waals surface area contributed by atoms with Gasteiger partial charge in [-0.2, -0.15) is 5.26 Å². The molecule has 3 nitrogen and oxygen atoms in total. The summed E-state index contributed by atoms with van der Waals surface area (Å²) >= 11 is 0. The first-order chi connectivity index (χ1) is 7.33. The third-order valence-electron chi connectivity index (χ3n) is 2.20. The monoisotopic (exact) mass is 195 g/mol. The van der Waals surface area contributed by atoms with E-state index in [9.17, 15) is 0 Å². The maximum absolute atomic E-state index is 8.97. The molecule has 2 heterocycles. The van der Waals surface area contributed by atoms with E-state index in [4.69, 9.17) is 5.26 Å². The summed E-state index contributed by atoms with van der Waals surface area (Å²) in [6, 6.07) is 7.54. The van der Waals surface area contributed by atoms with Crippen LogP contribution in [-0.4, -0.2) is 9.97 Å². The zero-order chi connectivity index (χ0) is 10.7. The van der Waals surface area contributed by atoms with Crippen molar-refractivity contribution in [3.05, 3.63) is 47.9 Å². The smallest absolute Gasteiger partial charge is 0.101 e. The van der Waals surface area contributed by atoms with Gasteiger partial charge in [0.2, 0.25) is 0 Å². The van der Waals surface area contributed by atoms with Crippen LogP contribution in [0.25, 0.3) is 11.3 Å². The second-order valence-electron chi connectivity index (χ2n) is 3.20. The quantitative estimate of drug-likeness (QED) is 0.701. The lowest BCUT2D eigenvalue weighted by Crippen LogP contribution is -1.91. The molecule has 0 radical (unpaired) electrons. The van der Waals surface area contributed by atoms with Gasteiger partial charge in [-0.15, -0.1) is 0 Å². The third kappa shape index (κ3) is 1.70. The number of nitrogens with zero attached hydrogens (tertiary/aromatic N) is 3. The lowest BCUT2D eigenvalue weighted by molar-refractivity contribution is 1.23. The van der Waals surface area contributed by atoms with Gasteiger partial charge < -0.3 is 0 Å². The van der Waals surface area contributed by atoms with Crippen LogP contribution in [0.15, 0.2) is 36.8 Å². The summed E-state index contributed by atoms with van der Waals surface area (Å²) < 4.78 is 0. The Bertz CT molecular complexity index is 526. The minimum Gasteiger partial charge on any atom is -0.264 e. The molecule has 0 aliphatic carbocycles. The van der Waals surface area contributed by atoms with E-state index >= 15 is 0 Å². The van der Waals surface area contributed by atoms with Crippen LogP contribution in [0.3, 0.4) is 0 Å². The number of hydrogen-bond acceptors (Lipinski definition) is 3. The predicted molar refractivity (Wildman–Crippen MR) is 56.9 cm³/mol. The standard InChI is InChI=1S/C12H9N3/c1-9-8-14-6-4-11(9)12-10(7-13)3-2-5-15-12/h2-6,8H,1H3. The number of nitriles is 1. The normalized spacial score (nSPS) is 9.60. The molecule has 3 heteroatoms. The minimum atomic E-state index is 0.590. The molecule has 2 rings (SSSR count). The molecular weight excluding hydrogens is 186 g/mol. The van der Waals surface area contributed by atoms with Crippen LogP contribution in [0.4, 0.5) is 0 Å². The zero-order valence-corrected chi connectivity index (χ0v) is 8.31. The Labute approximate surface area is 88.1 Å². The summed E-state index contributed by atoms with van der Waals surface area (Å²) in [7, 11) is 0. The van der Waals surface area contributed by atoms with Gasteiger partial charge in [0.25, 0.3) is 0 Å². The Morgan fingerprint density at radius 2 is 2.13 bits per heavy atom. The number of aryl methyl sites for hydroxylation is 1. The van der Waals surface area contributed by atoms with Crippen LogP contribution in [0, 0.1) is 18.3 Å². The van der Waals surface area contributed by atoms with Crippen molar-refractivity contribution in [2.24, 2.45) is 0 Å². The summed E-state index contributed by atoms with van der Waals surface area (Å²) in [6.45, 7) is 1.96. The fourth-order valence-corrected chi connectivity index (χ4v) is 1.45. The van der Waals surface area contributed by atoms with Crippen LogP contribution in [-0.2, 0) is 0 Å². The van der Waals surface area contributed by atoms with Crippen molar-refractivity contribution in [3.8, 4) is 17.3 Å². The van der Waals surface area contributed by atoms with E-state index < -0.39 is 0 Å². The van der Waals surface area contributed by atoms with Crippen molar-refractivity contribution in [1.82, 2.24) is 9.97 Å². The highest BCUT2D eigenvalue weighted by molar-refractivity contribution is 5.68. The van der Waals surface area contributed by atoms with Crippen molar-refractivity contribution in [3.63, 3.8) is 0 Å². The molecular formula is C12H9N3. The highest BCUT2D eigenvalue weighted by atomic mass is 14.7.